The molecule has 0 saturated carbocycles. The predicted octanol–water partition coefficient (Wildman–Crippen LogP) is 4.66. The summed E-state index contributed by atoms with van der Waals surface area (Å²) in [6, 6.07) is 8.21. The van der Waals surface area contributed by atoms with Crippen molar-refractivity contribution in [1.82, 2.24) is 0 Å². The Morgan fingerprint density at radius 1 is 1.29 bits per heavy atom. The van der Waals surface area contributed by atoms with Crippen LogP contribution in [0.4, 0.5) is 8.78 Å². The van der Waals surface area contributed by atoms with Gasteiger partial charge in [0.1, 0.15) is 0 Å². The Morgan fingerprint density at radius 3 is 2.62 bits per heavy atom. The van der Waals surface area contributed by atoms with E-state index in [9.17, 15) is 8.78 Å². The van der Waals surface area contributed by atoms with Crippen molar-refractivity contribution >= 4 is 0 Å². The van der Waals surface area contributed by atoms with E-state index in [0.717, 1.165) is 24.5 Å². The summed E-state index contributed by atoms with van der Waals surface area (Å²) < 4.78 is 35.1. The van der Waals surface area contributed by atoms with E-state index in [1.54, 1.807) is 0 Å². The first-order valence-corrected chi connectivity index (χ1v) is 7.52. The van der Waals surface area contributed by atoms with Crippen molar-refractivity contribution in [2.45, 2.75) is 44.8 Å². The van der Waals surface area contributed by atoms with Gasteiger partial charge in [-0.15, -0.1) is 0 Å². The van der Waals surface area contributed by atoms with Crippen LogP contribution < -0.4 is 0 Å². The largest absolute Gasteiger partial charge is 0.353 e. The van der Waals surface area contributed by atoms with Crippen LogP contribution >= 0.6 is 0 Å². The molecule has 0 aromatic heterocycles. The molecule has 1 aliphatic heterocycles. The van der Waals surface area contributed by atoms with E-state index in [-0.39, 0.29) is 6.29 Å². The maximum atomic E-state index is 12.0. The van der Waals surface area contributed by atoms with Gasteiger partial charge in [0.2, 0.25) is 0 Å². The molecule has 0 amide bonds. The maximum absolute atomic E-state index is 12.0. The second-order valence-corrected chi connectivity index (χ2v) is 5.27. The fraction of sp³-hybridized carbons (Fsp3) is 0.529. The van der Waals surface area contributed by atoms with E-state index in [1.165, 1.54) is 5.56 Å². The van der Waals surface area contributed by atoms with Crippen molar-refractivity contribution in [3.63, 3.8) is 0 Å². The van der Waals surface area contributed by atoms with Gasteiger partial charge in [-0.25, -0.2) is 0 Å². The predicted molar refractivity (Wildman–Crippen MR) is 78.4 cm³/mol. The molecule has 0 N–H and O–H groups in total. The lowest BCUT2D eigenvalue weighted by Gasteiger charge is -2.29. The summed E-state index contributed by atoms with van der Waals surface area (Å²) in [7, 11) is 0. The maximum Gasteiger partial charge on any atom is 0.266 e. The van der Waals surface area contributed by atoms with Gasteiger partial charge in [0.15, 0.2) is 6.29 Å². The zero-order chi connectivity index (χ0) is 15.1. The summed E-state index contributed by atoms with van der Waals surface area (Å²) in [6.45, 7) is 3.33. The van der Waals surface area contributed by atoms with Crippen molar-refractivity contribution < 1.29 is 18.3 Å². The molecule has 116 valence electrons. The van der Waals surface area contributed by atoms with Crippen molar-refractivity contribution in [2.75, 3.05) is 13.2 Å². The highest BCUT2D eigenvalue weighted by Crippen LogP contribution is 2.28. The number of halogens is 2. The van der Waals surface area contributed by atoms with Crippen LogP contribution in [-0.4, -0.2) is 19.5 Å². The Labute approximate surface area is 124 Å². The molecule has 1 saturated heterocycles. The molecule has 1 aromatic carbocycles. The highest BCUT2D eigenvalue weighted by atomic mass is 19.3. The molecule has 2 atom stereocenters. The fourth-order valence-corrected chi connectivity index (χ4v) is 2.61. The standard InChI is InChI=1S/C17H22F2O2/c1-2-20-17-11-10-15(12-21-17)14-8-6-13(7-9-14)4-3-5-16(18)19/h5-9,15,17H,2-4,10-12H2,1H3. The smallest absolute Gasteiger partial charge is 0.266 e. The molecule has 2 unspecified atom stereocenters. The van der Waals surface area contributed by atoms with Gasteiger partial charge < -0.3 is 9.47 Å². The average Bonchev–Trinajstić information content (AvgIpc) is 2.49. The zero-order valence-corrected chi connectivity index (χ0v) is 12.4. The van der Waals surface area contributed by atoms with Crippen LogP contribution in [0.15, 0.2) is 36.4 Å². The minimum absolute atomic E-state index is 0.0621. The number of ether oxygens (including phenoxy) is 2. The molecule has 21 heavy (non-hydrogen) atoms. The lowest BCUT2D eigenvalue weighted by molar-refractivity contribution is -0.164. The Morgan fingerprint density at radius 2 is 2.05 bits per heavy atom. The summed E-state index contributed by atoms with van der Waals surface area (Å²) in [6.07, 6.45) is 2.30. The molecule has 1 aliphatic rings. The van der Waals surface area contributed by atoms with Gasteiger partial charge in [-0.2, -0.15) is 8.78 Å². The van der Waals surface area contributed by atoms with Crippen LogP contribution in [0.2, 0.25) is 0 Å². The topological polar surface area (TPSA) is 18.5 Å². The Balaban J connectivity index is 1.84. The average molecular weight is 296 g/mol. The summed E-state index contributed by atoms with van der Waals surface area (Å²) in [5, 5.41) is 0. The van der Waals surface area contributed by atoms with E-state index in [2.05, 4.69) is 12.1 Å². The van der Waals surface area contributed by atoms with Crippen LogP contribution in [-0.2, 0) is 15.9 Å². The third kappa shape index (κ3) is 5.21. The highest BCUT2D eigenvalue weighted by molar-refractivity contribution is 5.26. The van der Waals surface area contributed by atoms with Crippen molar-refractivity contribution in [1.29, 1.82) is 0 Å². The number of rotatable bonds is 6. The molecule has 2 rings (SSSR count). The lowest BCUT2D eigenvalue weighted by atomic mass is 9.92. The van der Waals surface area contributed by atoms with E-state index >= 15 is 0 Å². The summed E-state index contributed by atoms with van der Waals surface area (Å²) in [5.41, 5.74) is 2.33. The molecule has 1 heterocycles. The second-order valence-electron chi connectivity index (χ2n) is 5.27. The molecule has 0 spiro atoms. The molecule has 0 aliphatic carbocycles. The van der Waals surface area contributed by atoms with E-state index < -0.39 is 6.08 Å². The van der Waals surface area contributed by atoms with Crippen LogP contribution in [0.1, 0.15) is 43.2 Å². The van der Waals surface area contributed by atoms with Gasteiger partial charge >= 0.3 is 0 Å². The lowest BCUT2D eigenvalue weighted by Crippen LogP contribution is -2.27. The summed E-state index contributed by atoms with van der Waals surface area (Å²) in [4.78, 5) is 0. The van der Waals surface area contributed by atoms with Crippen LogP contribution in [0.5, 0.6) is 0 Å². The summed E-state index contributed by atoms with van der Waals surface area (Å²) in [5.74, 6) is 0.402. The first-order valence-electron chi connectivity index (χ1n) is 7.52. The Bertz CT molecular complexity index is 444. The third-order valence-corrected chi connectivity index (χ3v) is 3.77. The molecule has 0 radical (unpaired) electrons. The van der Waals surface area contributed by atoms with E-state index in [4.69, 9.17) is 9.47 Å². The van der Waals surface area contributed by atoms with Gasteiger partial charge in [-0.05, 0) is 49.8 Å². The fourth-order valence-electron chi connectivity index (χ4n) is 2.61. The SMILES string of the molecule is CCOC1CCC(c2ccc(CCC=C(F)F)cc2)CO1. The normalized spacial score (nSPS) is 22.0. The van der Waals surface area contributed by atoms with Crippen LogP contribution in [0.25, 0.3) is 0 Å². The second kappa shape index (κ2) is 8.25. The molecule has 1 aromatic rings. The molecule has 0 bridgehead atoms. The van der Waals surface area contributed by atoms with E-state index in [1.807, 2.05) is 19.1 Å². The number of allylic oxidation sites excluding steroid dienone is 1. The molecule has 1 fully saturated rings. The number of hydrogen-bond acceptors (Lipinski definition) is 2. The highest BCUT2D eigenvalue weighted by Gasteiger charge is 2.22. The number of aryl methyl sites for hydroxylation is 1. The molecular weight excluding hydrogens is 274 g/mol. The van der Waals surface area contributed by atoms with Gasteiger partial charge in [0.25, 0.3) is 6.08 Å². The quantitative estimate of drug-likeness (QED) is 0.760. The van der Waals surface area contributed by atoms with Gasteiger partial charge in [0, 0.05) is 12.5 Å². The number of hydrogen-bond donors (Lipinski definition) is 0. The Kier molecular flexibility index (Phi) is 6.33. The van der Waals surface area contributed by atoms with Gasteiger partial charge in [-0.3, -0.25) is 0 Å². The molecule has 2 nitrogen and oxygen atoms in total. The summed E-state index contributed by atoms with van der Waals surface area (Å²) >= 11 is 0. The molecular formula is C17H22F2O2. The first kappa shape index (κ1) is 16.1. The third-order valence-electron chi connectivity index (χ3n) is 3.77. The Hall–Kier alpha value is -1.26. The van der Waals surface area contributed by atoms with Crippen molar-refractivity contribution in [2.24, 2.45) is 0 Å². The monoisotopic (exact) mass is 296 g/mol. The van der Waals surface area contributed by atoms with Crippen LogP contribution in [0, 0.1) is 0 Å². The van der Waals surface area contributed by atoms with Crippen LogP contribution in [0.3, 0.4) is 0 Å². The van der Waals surface area contributed by atoms with Crippen molar-refractivity contribution in [3.05, 3.63) is 47.5 Å². The van der Waals surface area contributed by atoms with E-state index in [0.29, 0.717) is 32.0 Å². The van der Waals surface area contributed by atoms with Gasteiger partial charge in [0.05, 0.1) is 6.61 Å². The van der Waals surface area contributed by atoms with Crippen molar-refractivity contribution in [3.8, 4) is 0 Å². The number of benzene rings is 1. The molecule has 4 heteroatoms. The minimum Gasteiger partial charge on any atom is -0.353 e. The zero-order valence-electron chi connectivity index (χ0n) is 12.4. The van der Waals surface area contributed by atoms with Gasteiger partial charge in [-0.1, -0.05) is 24.3 Å². The minimum atomic E-state index is -1.60. The first-order chi connectivity index (χ1) is 10.2.